The van der Waals surface area contributed by atoms with E-state index in [1.807, 2.05) is 0 Å². The molecule has 0 unspecified atom stereocenters. The van der Waals surface area contributed by atoms with Crippen molar-refractivity contribution in [1.29, 1.82) is 0 Å². The Morgan fingerprint density at radius 3 is 1.50 bits per heavy atom. The van der Waals surface area contributed by atoms with Crippen LogP contribution in [0.1, 0.15) is 12.8 Å². The number of fused-ring (bicyclic) bond motifs is 3. The van der Waals surface area contributed by atoms with Gasteiger partial charge in [0.15, 0.2) is 0 Å². The largest absolute Gasteiger partial charge is 0.316 e. The molecule has 0 radical (unpaired) electrons. The standard InChI is InChI=1S/C8H16N2/c1-2-8-5-9-3-7(1)4-10-6-8/h7-10H,1-6H2. The van der Waals surface area contributed by atoms with Crippen LogP contribution in [0.25, 0.3) is 0 Å². The predicted octanol–water partition coefficient (Wildman–Crippen LogP) is 0.205. The molecule has 2 bridgehead atoms. The van der Waals surface area contributed by atoms with Crippen LogP contribution < -0.4 is 10.6 Å². The number of hydrogen-bond acceptors (Lipinski definition) is 2. The Balaban J connectivity index is 2.01. The van der Waals surface area contributed by atoms with Crippen molar-refractivity contribution >= 4 is 0 Å². The normalized spacial score (nSPS) is 40.8. The van der Waals surface area contributed by atoms with Gasteiger partial charge in [0.1, 0.15) is 0 Å². The molecule has 0 saturated carbocycles. The number of hydrogen-bond donors (Lipinski definition) is 2. The molecular formula is C8H16N2. The summed E-state index contributed by atoms with van der Waals surface area (Å²) in [5.74, 6) is 1.82. The zero-order chi connectivity index (χ0) is 6.81. The Morgan fingerprint density at radius 1 is 0.700 bits per heavy atom. The Hall–Kier alpha value is -0.0800. The van der Waals surface area contributed by atoms with Crippen LogP contribution in [-0.2, 0) is 0 Å². The summed E-state index contributed by atoms with van der Waals surface area (Å²) in [5, 5.41) is 7.02. The minimum Gasteiger partial charge on any atom is -0.316 e. The zero-order valence-electron chi connectivity index (χ0n) is 6.40. The lowest BCUT2D eigenvalue weighted by Crippen LogP contribution is -2.37. The molecule has 2 heterocycles. The summed E-state index contributed by atoms with van der Waals surface area (Å²) in [6, 6.07) is 0. The molecule has 0 aromatic carbocycles. The Morgan fingerprint density at radius 2 is 1.10 bits per heavy atom. The van der Waals surface area contributed by atoms with E-state index < -0.39 is 0 Å². The highest BCUT2D eigenvalue weighted by molar-refractivity contribution is 4.79. The van der Waals surface area contributed by atoms with Gasteiger partial charge in [-0.25, -0.2) is 0 Å². The van der Waals surface area contributed by atoms with E-state index in [1.54, 1.807) is 0 Å². The summed E-state index contributed by atoms with van der Waals surface area (Å²) in [7, 11) is 0. The number of rotatable bonds is 0. The molecule has 2 saturated heterocycles. The minimum atomic E-state index is 0.910. The van der Waals surface area contributed by atoms with Gasteiger partial charge in [0, 0.05) is 0 Å². The van der Waals surface area contributed by atoms with E-state index in [9.17, 15) is 0 Å². The van der Waals surface area contributed by atoms with Gasteiger partial charge in [-0.1, -0.05) is 0 Å². The van der Waals surface area contributed by atoms with Gasteiger partial charge in [0.25, 0.3) is 0 Å². The van der Waals surface area contributed by atoms with Crippen LogP contribution in [-0.4, -0.2) is 26.2 Å². The van der Waals surface area contributed by atoms with Crippen LogP contribution in [0, 0.1) is 11.8 Å². The predicted molar refractivity (Wildman–Crippen MR) is 42.0 cm³/mol. The highest BCUT2D eigenvalue weighted by Crippen LogP contribution is 2.17. The Kier molecular flexibility index (Phi) is 1.91. The van der Waals surface area contributed by atoms with Gasteiger partial charge >= 0.3 is 0 Å². The fourth-order valence-electron chi connectivity index (χ4n) is 2.01. The fourth-order valence-corrected chi connectivity index (χ4v) is 2.01. The van der Waals surface area contributed by atoms with Crippen molar-refractivity contribution in [3.63, 3.8) is 0 Å². The maximum Gasteiger partial charge on any atom is -0.000825 e. The van der Waals surface area contributed by atoms with Crippen molar-refractivity contribution in [3.8, 4) is 0 Å². The van der Waals surface area contributed by atoms with Gasteiger partial charge in [-0.15, -0.1) is 0 Å². The van der Waals surface area contributed by atoms with Crippen molar-refractivity contribution in [2.24, 2.45) is 11.8 Å². The Bertz CT molecular complexity index is 91.8. The van der Waals surface area contributed by atoms with Gasteiger partial charge in [-0.3, -0.25) is 0 Å². The van der Waals surface area contributed by atoms with E-state index in [1.165, 1.54) is 39.0 Å². The molecule has 2 rings (SSSR count). The molecule has 2 fully saturated rings. The van der Waals surface area contributed by atoms with Gasteiger partial charge in [-0.2, -0.15) is 0 Å². The monoisotopic (exact) mass is 140 g/mol. The molecule has 0 atom stereocenters. The lowest BCUT2D eigenvalue weighted by atomic mass is 10.0. The van der Waals surface area contributed by atoms with Crippen molar-refractivity contribution in [1.82, 2.24) is 10.6 Å². The second-order valence-electron chi connectivity index (χ2n) is 3.63. The average molecular weight is 140 g/mol. The van der Waals surface area contributed by atoms with Crippen LogP contribution in [0.2, 0.25) is 0 Å². The molecule has 2 N–H and O–H groups in total. The molecule has 2 nitrogen and oxygen atoms in total. The molecule has 2 heteroatoms. The Labute approximate surface area is 62.4 Å². The third-order valence-corrected chi connectivity index (χ3v) is 2.72. The first-order valence-electron chi connectivity index (χ1n) is 4.36. The van der Waals surface area contributed by atoms with E-state index in [-0.39, 0.29) is 0 Å². The highest BCUT2D eigenvalue weighted by Gasteiger charge is 2.21. The quantitative estimate of drug-likeness (QED) is 0.502. The topological polar surface area (TPSA) is 24.1 Å². The molecule has 0 amide bonds. The van der Waals surface area contributed by atoms with E-state index in [4.69, 9.17) is 0 Å². The molecule has 0 aromatic heterocycles. The maximum atomic E-state index is 3.51. The lowest BCUT2D eigenvalue weighted by Gasteiger charge is -2.17. The van der Waals surface area contributed by atoms with Gasteiger partial charge in [-0.05, 0) is 50.9 Å². The van der Waals surface area contributed by atoms with Crippen molar-refractivity contribution in [3.05, 3.63) is 0 Å². The summed E-state index contributed by atoms with van der Waals surface area (Å²) in [6.45, 7) is 4.96. The second-order valence-corrected chi connectivity index (χ2v) is 3.63. The van der Waals surface area contributed by atoms with E-state index in [0.29, 0.717) is 0 Å². The summed E-state index contributed by atoms with van der Waals surface area (Å²) in [4.78, 5) is 0. The lowest BCUT2D eigenvalue weighted by molar-refractivity contribution is 0.424. The zero-order valence-corrected chi connectivity index (χ0v) is 6.40. The molecule has 0 aromatic rings. The van der Waals surface area contributed by atoms with Gasteiger partial charge < -0.3 is 10.6 Å². The van der Waals surface area contributed by atoms with Crippen LogP contribution >= 0.6 is 0 Å². The van der Waals surface area contributed by atoms with Crippen LogP contribution in [0.4, 0.5) is 0 Å². The van der Waals surface area contributed by atoms with E-state index >= 15 is 0 Å². The summed E-state index contributed by atoms with van der Waals surface area (Å²) in [5.41, 5.74) is 0. The molecular weight excluding hydrogens is 124 g/mol. The molecule has 58 valence electrons. The third-order valence-electron chi connectivity index (χ3n) is 2.72. The van der Waals surface area contributed by atoms with Crippen molar-refractivity contribution in [2.75, 3.05) is 26.2 Å². The third kappa shape index (κ3) is 1.32. The first-order valence-corrected chi connectivity index (χ1v) is 4.36. The number of nitrogens with one attached hydrogen (secondary N) is 2. The minimum absolute atomic E-state index is 0.910. The summed E-state index contributed by atoms with van der Waals surface area (Å²) in [6.07, 6.45) is 2.87. The van der Waals surface area contributed by atoms with Crippen LogP contribution in [0.3, 0.4) is 0 Å². The SMILES string of the molecule is C1CC2CNCC1CNC2. The van der Waals surface area contributed by atoms with Crippen LogP contribution in [0.15, 0.2) is 0 Å². The molecule has 2 aliphatic rings. The molecule has 0 aliphatic carbocycles. The van der Waals surface area contributed by atoms with Gasteiger partial charge in [0.2, 0.25) is 0 Å². The second kappa shape index (κ2) is 2.89. The summed E-state index contributed by atoms with van der Waals surface area (Å²) < 4.78 is 0. The maximum absolute atomic E-state index is 3.51. The van der Waals surface area contributed by atoms with Crippen LogP contribution in [0.5, 0.6) is 0 Å². The first-order chi connectivity index (χ1) is 4.95. The molecule has 10 heavy (non-hydrogen) atoms. The van der Waals surface area contributed by atoms with Crippen molar-refractivity contribution in [2.45, 2.75) is 12.8 Å². The average Bonchev–Trinajstić information content (AvgIpc) is 2.17. The highest BCUT2D eigenvalue weighted by atomic mass is 15.0. The van der Waals surface area contributed by atoms with E-state index in [0.717, 1.165) is 11.8 Å². The smallest absolute Gasteiger partial charge is 0.000825 e. The first kappa shape index (κ1) is 6.62. The van der Waals surface area contributed by atoms with E-state index in [2.05, 4.69) is 10.6 Å². The van der Waals surface area contributed by atoms with Crippen molar-refractivity contribution < 1.29 is 0 Å². The van der Waals surface area contributed by atoms with Gasteiger partial charge in [0.05, 0.1) is 0 Å². The fraction of sp³-hybridized carbons (Fsp3) is 1.00. The summed E-state index contributed by atoms with van der Waals surface area (Å²) >= 11 is 0. The molecule has 0 spiro atoms. The molecule has 2 aliphatic heterocycles.